The van der Waals surface area contributed by atoms with E-state index in [-0.39, 0.29) is 11.8 Å². The van der Waals surface area contributed by atoms with Gasteiger partial charge in [-0.1, -0.05) is 17.3 Å². The zero-order valence-corrected chi connectivity index (χ0v) is 16.2. The summed E-state index contributed by atoms with van der Waals surface area (Å²) in [5, 5.41) is 48.8. The molecule has 13 heteroatoms. The van der Waals surface area contributed by atoms with Gasteiger partial charge in [-0.05, 0) is 12.1 Å². The number of nitrogens with one attached hydrogen (secondary N) is 1. The van der Waals surface area contributed by atoms with Gasteiger partial charge in [0.2, 0.25) is 5.89 Å². The van der Waals surface area contributed by atoms with Crippen LogP contribution in [0.5, 0.6) is 0 Å². The highest BCUT2D eigenvalue weighted by molar-refractivity contribution is 5.89. The molecular formula is C18H19FN6O6. The summed E-state index contributed by atoms with van der Waals surface area (Å²) in [5.41, 5.74) is 0.756. The number of aliphatic hydroxyl groups excluding tert-OH is 3. The minimum Gasteiger partial charge on any atom is -0.414 e. The van der Waals surface area contributed by atoms with E-state index in [1.54, 1.807) is 6.07 Å². The average molecular weight is 434 g/mol. The number of hydrogen-bond donors (Lipinski definition) is 4. The Bertz CT molecular complexity index is 1070. The molecule has 1 aromatic carbocycles. The van der Waals surface area contributed by atoms with Crippen molar-refractivity contribution in [2.75, 3.05) is 13.7 Å². The third kappa shape index (κ3) is 3.90. The zero-order valence-electron chi connectivity index (χ0n) is 16.2. The number of ether oxygens (including phenoxy) is 1. The molecule has 1 aliphatic heterocycles. The van der Waals surface area contributed by atoms with Crippen molar-refractivity contribution in [1.29, 1.82) is 0 Å². The van der Waals surface area contributed by atoms with Gasteiger partial charge in [-0.2, -0.15) is 0 Å². The molecule has 4 N–H and O–H groups in total. The molecule has 1 saturated heterocycles. The first-order chi connectivity index (χ1) is 14.9. The highest BCUT2D eigenvalue weighted by Crippen LogP contribution is 2.38. The molecule has 31 heavy (non-hydrogen) atoms. The number of rotatable bonds is 5. The third-order valence-electron chi connectivity index (χ3n) is 4.93. The van der Waals surface area contributed by atoms with Crippen LogP contribution >= 0.6 is 0 Å². The number of amides is 1. The Morgan fingerprint density at radius 1 is 1.26 bits per heavy atom. The first kappa shape index (κ1) is 21.0. The summed E-state index contributed by atoms with van der Waals surface area (Å²) in [6.45, 7) is -0.581. The summed E-state index contributed by atoms with van der Waals surface area (Å²) < 4.78 is 25.5. The molecule has 3 aromatic rings. The summed E-state index contributed by atoms with van der Waals surface area (Å²) in [4.78, 5) is 11.7. The Kier molecular flexibility index (Phi) is 5.73. The molecule has 0 unspecified atom stereocenters. The lowest BCUT2D eigenvalue weighted by Crippen LogP contribution is -2.52. The second-order valence-corrected chi connectivity index (χ2v) is 6.87. The van der Waals surface area contributed by atoms with E-state index in [9.17, 15) is 24.5 Å². The highest BCUT2D eigenvalue weighted by Gasteiger charge is 2.48. The maximum Gasteiger partial charge on any atom is 0.308 e. The molecule has 164 valence electrons. The summed E-state index contributed by atoms with van der Waals surface area (Å²) in [5.74, 6) is -1.64. The fourth-order valence-corrected chi connectivity index (χ4v) is 3.37. The lowest BCUT2D eigenvalue weighted by atomic mass is 9.92. The molecule has 1 fully saturated rings. The first-order valence-electron chi connectivity index (χ1n) is 9.28. The largest absolute Gasteiger partial charge is 0.414 e. The molecule has 4 rings (SSSR count). The lowest BCUT2D eigenvalue weighted by Gasteiger charge is -2.40. The van der Waals surface area contributed by atoms with Crippen molar-refractivity contribution in [3.8, 4) is 11.3 Å². The van der Waals surface area contributed by atoms with Crippen molar-refractivity contribution in [2.24, 2.45) is 0 Å². The predicted octanol–water partition coefficient (Wildman–Crippen LogP) is -0.778. The Hall–Kier alpha value is -3.26. The van der Waals surface area contributed by atoms with E-state index in [4.69, 9.17) is 9.15 Å². The number of hydrogen-bond acceptors (Lipinski definition) is 10. The van der Waals surface area contributed by atoms with Gasteiger partial charge < -0.3 is 29.8 Å². The number of aliphatic hydroxyl groups is 3. The van der Waals surface area contributed by atoms with E-state index in [1.165, 1.54) is 36.1 Å². The van der Waals surface area contributed by atoms with Crippen LogP contribution in [0.25, 0.3) is 11.3 Å². The second-order valence-electron chi connectivity index (χ2n) is 6.87. The molecule has 2 aromatic heterocycles. The molecule has 3 heterocycles. The van der Waals surface area contributed by atoms with Gasteiger partial charge >= 0.3 is 11.8 Å². The molecule has 12 nitrogen and oxygen atoms in total. The van der Waals surface area contributed by atoms with E-state index in [0.29, 0.717) is 11.3 Å². The van der Waals surface area contributed by atoms with Crippen LogP contribution in [-0.4, -0.2) is 78.4 Å². The Balaban J connectivity index is 1.66. The van der Waals surface area contributed by atoms with Gasteiger partial charge in [-0.3, -0.25) is 4.79 Å². The van der Waals surface area contributed by atoms with Crippen LogP contribution in [0.3, 0.4) is 0 Å². The molecular weight excluding hydrogens is 415 g/mol. The van der Waals surface area contributed by atoms with Crippen LogP contribution in [-0.2, 0) is 4.74 Å². The van der Waals surface area contributed by atoms with Crippen LogP contribution < -0.4 is 5.32 Å². The third-order valence-corrected chi connectivity index (χ3v) is 4.93. The topological polar surface area (TPSA) is 169 Å². The molecule has 1 amide bonds. The standard InChI is InChI=1S/C18H19FN6O6/c1-20-16(29)18-23-22-17(31-18)15-14(28)12(13(27)11(7-26)30-15)25-6-10(21-24-25)8-3-2-4-9(19)5-8/h2-6,11-15,26-28H,7H2,1H3,(H,20,29)/t11-,12+,13+,14-,15-/m1/s1. The summed E-state index contributed by atoms with van der Waals surface area (Å²) in [6, 6.07) is 4.57. The van der Waals surface area contributed by atoms with Gasteiger partial charge in [0.25, 0.3) is 0 Å². The zero-order chi connectivity index (χ0) is 22.1. The number of aromatic nitrogens is 5. The molecule has 0 bridgehead atoms. The molecule has 0 saturated carbocycles. The maximum atomic E-state index is 13.5. The molecule has 5 atom stereocenters. The maximum absolute atomic E-state index is 13.5. The van der Waals surface area contributed by atoms with Gasteiger partial charge in [-0.15, -0.1) is 15.3 Å². The SMILES string of the molecule is CNC(=O)c1nnc([C@@H]2O[C@H](CO)[C@H](O)[C@H](n3cc(-c4cccc(F)c4)nn3)[C@H]2O)o1. The number of carbonyl (C=O) groups is 1. The smallest absolute Gasteiger partial charge is 0.308 e. The van der Waals surface area contributed by atoms with Crippen LogP contribution in [0.15, 0.2) is 34.9 Å². The van der Waals surface area contributed by atoms with Crippen molar-refractivity contribution in [3.63, 3.8) is 0 Å². The minimum atomic E-state index is -1.46. The van der Waals surface area contributed by atoms with Crippen LogP contribution in [0.1, 0.15) is 28.7 Å². The number of benzene rings is 1. The van der Waals surface area contributed by atoms with Crippen molar-refractivity contribution >= 4 is 5.91 Å². The first-order valence-corrected chi connectivity index (χ1v) is 9.28. The second kappa shape index (κ2) is 8.47. The van der Waals surface area contributed by atoms with E-state index in [2.05, 4.69) is 25.8 Å². The number of nitrogens with zero attached hydrogens (tertiary/aromatic N) is 5. The van der Waals surface area contributed by atoms with E-state index in [0.717, 1.165) is 0 Å². The van der Waals surface area contributed by atoms with E-state index >= 15 is 0 Å². The normalized spacial score (nSPS) is 26.0. The highest BCUT2D eigenvalue weighted by atomic mass is 19.1. The van der Waals surface area contributed by atoms with Crippen molar-refractivity contribution in [3.05, 3.63) is 48.1 Å². The summed E-state index contributed by atoms with van der Waals surface area (Å²) in [7, 11) is 1.38. The Morgan fingerprint density at radius 3 is 2.77 bits per heavy atom. The number of halogens is 1. The van der Waals surface area contributed by atoms with Crippen LogP contribution in [0.2, 0.25) is 0 Å². The Labute approximate surface area is 174 Å². The fraction of sp³-hybridized carbons (Fsp3) is 0.389. The van der Waals surface area contributed by atoms with Gasteiger partial charge in [0.1, 0.15) is 35.9 Å². The Morgan fingerprint density at radius 2 is 2.06 bits per heavy atom. The molecule has 0 spiro atoms. The minimum absolute atomic E-state index is 0.216. The summed E-state index contributed by atoms with van der Waals surface area (Å²) in [6.07, 6.45) is -3.81. The van der Waals surface area contributed by atoms with Gasteiger partial charge in [0, 0.05) is 12.6 Å². The molecule has 1 aliphatic rings. The van der Waals surface area contributed by atoms with Crippen LogP contribution in [0, 0.1) is 5.82 Å². The average Bonchev–Trinajstić information content (AvgIpc) is 3.44. The van der Waals surface area contributed by atoms with Gasteiger partial charge in [-0.25, -0.2) is 9.07 Å². The predicted molar refractivity (Wildman–Crippen MR) is 98.9 cm³/mol. The van der Waals surface area contributed by atoms with Gasteiger partial charge in [0.15, 0.2) is 6.10 Å². The van der Waals surface area contributed by atoms with E-state index < -0.39 is 48.8 Å². The van der Waals surface area contributed by atoms with Crippen LogP contribution in [0.4, 0.5) is 4.39 Å². The van der Waals surface area contributed by atoms with Gasteiger partial charge in [0.05, 0.1) is 12.8 Å². The van der Waals surface area contributed by atoms with Crippen molar-refractivity contribution < 1.29 is 33.7 Å². The molecule has 0 radical (unpaired) electrons. The quantitative estimate of drug-likeness (QED) is 0.400. The number of carbonyl (C=O) groups excluding carboxylic acids is 1. The van der Waals surface area contributed by atoms with Crippen molar-refractivity contribution in [1.82, 2.24) is 30.5 Å². The fourth-order valence-electron chi connectivity index (χ4n) is 3.37. The van der Waals surface area contributed by atoms with Crippen molar-refractivity contribution in [2.45, 2.75) is 30.5 Å². The summed E-state index contributed by atoms with van der Waals surface area (Å²) >= 11 is 0. The lowest BCUT2D eigenvalue weighted by molar-refractivity contribution is -0.213. The monoisotopic (exact) mass is 434 g/mol. The molecule has 0 aliphatic carbocycles. The van der Waals surface area contributed by atoms with E-state index in [1.807, 2.05) is 0 Å².